The van der Waals surface area contributed by atoms with E-state index >= 15 is 0 Å². The predicted molar refractivity (Wildman–Crippen MR) is 250 cm³/mol. The van der Waals surface area contributed by atoms with E-state index in [9.17, 15) is 0 Å². The van der Waals surface area contributed by atoms with Crippen LogP contribution in [0.4, 0.5) is 17.1 Å². The van der Waals surface area contributed by atoms with Gasteiger partial charge in [0.25, 0.3) is 0 Å². The number of anilines is 3. The second-order valence-electron chi connectivity index (χ2n) is 16.2. The molecule has 0 atom stereocenters. The number of benzene rings is 7. The number of fused-ring (bicyclic) bond motifs is 4. The van der Waals surface area contributed by atoms with Crippen LogP contribution in [-0.2, 0) is 0 Å². The summed E-state index contributed by atoms with van der Waals surface area (Å²) in [7, 11) is 0. The summed E-state index contributed by atoms with van der Waals surface area (Å²) in [5.74, 6) is 0. The highest BCUT2D eigenvalue weighted by Gasteiger charge is 2.25. The molecule has 8 aromatic rings. The molecule has 0 N–H and O–H groups in total. The molecule has 0 saturated heterocycles. The van der Waals surface area contributed by atoms with Crippen molar-refractivity contribution < 1.29 is 4.42 Å². The Balaban J connectivity index is 1.06. The van der Waals surface area contributed by atoms with E-state index in [1.807, 2.05) is 0 Å². The summed E-state index contributed by atoms with van der Waals surface area (Å²) in [5, 5.41) is 2.38. The highest BCUT2D eigenvalue weighted by molar-refractivity contribution is 6.05. The summed E-state index contributed by atoms with van der Waals surface area (Å²) >= 11 is 0. The highest BCUT2D eigenvalue weighted by atomic mass is 16.3. The van der Waals surface area contributed by atoms with Gasteiger partial charge in [0.1, 0.15) is 11.2 Å². The minimum absolute atomic E-state index is 0.954. The molecule has 0 aliphatic heterocycles. The van der Waals surface area contributed by atoms with Gasteiger partial charge in [0.15, 0.2) is 0 Å². The SMILES string of the molecule is C=C1CCCCC/C(c2ccc3c(c2)oc2ccccc23)=C2/CCCC/C2=C/1c1ccc(N(c2ccc(-c3ccccc3)cc2)c2ccc(-c3ccccc3)cc2)cc1. The van der Waals surface area contributed by atoms with Crippen molar-refractivity contribution in [1.82, 2.24) is 0 Å². The molecular weight excluding hydrogens is 715 g/mol. The van der Waals surface area contributed by atoms with Gasteiger partial charge < -0.3 is 9.32 Å². The molecule has 2 aliphatic rings. The van der Waals surface area contributed by atoms with Crippen LogP contribution in [0.3, 0.4) is 0 Å². The number of allylic oxidation sites excluding steroid dienone is 5. The van der Waals surface area contributed by atoms with Gasteiger partial charge in [-0.25, -0.2) is 0 Å². The van der Waals surface area contributed by atoms with Gasteiger partial charge in [0.05, 0.1) is 0 Å². The van der Waals surface area contributed by atoms with Crippen molar-refractivity contribution in [3.05, 3.63) is 210 Å². The summed E-state index contributed by atoms with van der Waals surface area (Å²) in [4.78, 5) is 2.38. The number of nitrogens with zero attached hydrogens (tertiary/aromatic N) is 1. The summed E-state index contributed by atoms with van der Waals surface area (Å²) in [6.07, 6.45) is 10.3. The van der Waals surface area contributed by atoms with E-state index in [0.29, 0.717) is 0 Å². The minimum Gasteiger partial charge on any atom is -0.456 e. The molecule has 0 amide bonds. The van der Waals surface area contributed by atoms with Gasteiger partial charge in [-0.15, -0.1) is 0 Å². The average Bonchev–Trinajstić information content (AvgIpc) is 3.68. The van der Waals surface area contributed by atoms with Crippen LogP contribution >= 0.6 is 0 Å². The molecule has 0 radical (unpaired) electrons. The Morgan fingerprint density at radius 3 is 1.44 bits per heavy atom. The van der Waals surface area contributed by atoms with Crippen LogP contribution in [0, 0.1) is 0 Å². The van der Waals surface area contributed by atoms with Gasteiger partial charge in [-0.1, -0.05) is 134 Å². The third kappa shape index (κ3) is 7.36. The molecule has 2 heteroatoms. The summed E-state index contributed by atoms with van der Waals surface area (Å²) in [6, 6.07) is 63.8. The lowest BCUT2D eigenvalue weighted by molar-refractivity contribution is 0.660. The monoisotopic (exact) mass is 763 g/mol. The van der Waals surface area contributed by atoms with Crippen LogP contribution < -0.4 is 4.90 Å². The largest absolute Gasteiger partial charge is 0.456 e. The van der Waals surface area contributed by atoms with E-state index in [1.54, 1.807) is 0 Å². The molecule has 2 aliphatic carbocycles. The maximum atomic E-state index is 6.42. The highest BCUT2D eigenvalue weighted by Crippen LogP contribution is 2.46. The van der Waals surface area contributed by atoms with Crippen molar-refractivity contribution >= 4 is 50.1 Å². The summed E-state index contributed by atoms with van der Waals surface area (Å²) in [6.45, 7) is 4.81. The smallest absolute Gasteiger partial charge is 0.136 e. The first-order valence-electron chi connectivity index (χ1n) is 21.4. The van der Waals surface area contributed by atoms with E-state index < -0.39 is 0 Å². The maximum Gasteiger partial charge on any atom is 0.136 e. The lowest BCUT2D eigenvalue weighted by Crippen LogP contribution is -2.10. The predicted octanol–water partition coefficient (Wildman–Crippen LogP) is 16.7. The average molecular weight is 764 g/mol. The van der Waals surface area contributed by atoms with E-state index in [2.05, 4.69) is 181 Å². The van der Waals surface area contributed by atoms with Crippen LogP contribution in [0.15, 0.2) is 204 Å². The van der Waals surface area contributed by atoms with Gasteiger partial charge >= 0.3 is 0 Å². The van der Waals surface area contributed by atoms with Crippen LogP contribution in [-0.4, -0.2) is 0 Å². The Labute approximate surface area is 348 Å². The van der Waals surface area contributed by atoms with Crippen molar-refractivity contribution in [3.8, 4) is 22.3 Å². The number of hydrogen-bond donors (Lipinski definition) is 0. The quantitative estimate of drug-likeness (QED) is 0.161. The van der Waals surface area contributed by atoms with Crippen molar-refractivity contribution in [1.29, 1.82) is 0 Å². The number of furan rings is 1. The van der Waals surface area contributed by atoms with E-state index in [4.69, 9.17) is 11.0 Å². The summed E-state index contributed by atoms with van der Waals surface area (Å²) in [5.41, 5.74) is 19.9. The fraction of sp³-hybridized carbons (Fsp3) is 0.158. The topological polar surface area (TPSA) is 16.4 Å². The fourth-order valence-corrected chi connectivity index (χ4v) is 9.52. The van der Waals surface area contributed by atoms with Crippen molar-refractivity contribution in [3.63, 3.8) is 0 Å². The molecule has 1 aromatic heterocycles. The second-order valence-corrected chi connectivity index (χ2v) is 16.2. The van der Waals surface area contributed by atoms with Gasteiger partial charge in [-0.3, -0.25) is 0 Å². The van der Waals surface area contributed by atoms with Gasteiger partial charge in [-0.05, 0) is 167 Å². The van der Waals surface area contributed by atoms with Gasteiger partial charge in [-0.2, -0.15) is 0 Å². The molecule has 2 nitrogen and oxygen atoms in total. The first-order valence-corrected chi connectivity index (χ1v) is 21.4. The van der Waals surface area contributed by atoms with Crippen molar-refractivity contribution in [2.24, 2.45) is 0 Å². The zero-order chi connectivity index (χ0) is 39.5. The molecule has 59 heavy (non-hydrogen) atoms. The van der Waals surface area contributed by atoms with Crippen LogP contribution in [0.1, 0.15) is 68.9 Å². The Kier molecular flexibility index (Phi) is 10.1. The van der Waals surface area contributed by atoms with Crippen molar-refractivity contribution in [2.75, 3.05) is 4.90 Å². The lowest BCUT2D eigenvalue weighted by atomic mass is 9.76. The van der Waals surface area contributed by atoms with Crippen LogP contribution in [0.2, 0.25) is 0 Å². The molecule has 288 valence electrons. The Morgan fingerprint density at radius 2 is 0.814 bits per heavy atom. The Hall–Kier alpha value is -6.64. The first kappa shape index (κ1) is 36.7. The van der Waals surface area contributed by atoms with E-state index in [-0.39, 0.29) is 0 Å². The summed E-state index contributed by atoms with van der Waals surface area (Å²) < 4.78 is 6.42. The number of hydrogen-bond acceptors (Lipinski definition) is 2. The minimum atomic E-state index is 0.954. The van der Waals surface area contributed by atoms with Crippen molar-refractivity contribution in [2.45, 2.75) is 57.8 Å². The Bertz CT molecular complexity index is 2740. The van der Waals surface area contributed by atoms with E-state index in [0.717, 1.165) is 60.3 Å². The van der Waals surface area contributed by atoms with E-state index in [1.165, 1.54) is 97.7 Å². The zero-order valence-electron chi connectivity index (χ0n) is 33.7. The Morgan fingerprint density at radius 1 is 0.356 bits per heavy atom. The molecule has 0 unspecified atom stereocenters. The number of para-hydroxylation sites is 1. The fourth-order valence-electron chi connectivity index (χ4n) is 9.52. The van der Waals surface area contributed by atoms with Crippen LogP contribution in [0.5, 0.6) is 0 Å². The number of rotatable bonds is 7. The first-order chi connectivity index (χ1) is 29.2. The van der Waals surface area contributed by atoms with Crippen LogP contribution in [0.25, 0.3) is 55.3 Å². The second kappa shape index (κ2) is 16.3. The zero-order valence-corrected chi connectivity index (χ0v) is 33.7. The molecular formula is C57H49NO. The molecule has 1 saturated carbocycles. The molecule has 1 fully saturated rings. The molecule has 0 bridgehead atoms. The normalized spacial score (nSPS) is 17.5. The van der Waals surface area contributed by atoms with Gasteiger partial charge in [0.2, 0.25) is 0 Å². The maximum absolute atomic E-state index is 6.42. The standard InChI is InChI=1S/C57H49NO/c1-40-15-5-2-10-20-50(46-31-38-53-52-22-13-14-24-55(52)59-56(53)39-46)51-21-11-12-23-54(51)57(40)45-29-36-49(37-30-45)58(47-32-25-43(26-33-47)41-16-6-3-7-17-41)48-34-27-44(28-35-48)42-18-8-4-9-19-42/h3-4,6-9,13-14,16-19,22,24-39H,1-2,5,10-12,15,20-21,23H2/b51-50+,57-54+. The molecule has 0 spiro atoms. The molecule has 7 aromatic carbocycles. The molecule has 10 rings (SSSR count). The lowest BCUT2D eigenvalue weighted by Gasteiger charge is -2.29. The third-order valence-electron chi connectivity index (χ3n) is 12.5. The molecule has 1 heterocycles. The third-order valence-corrected chi connectivity index (χ3v) is 12.5. The van der Waals surface area contributed by atoms with Gasteiger partial charge in [0, 0.05) is 27.8 Å².